The quantitative estimate of drug-likeness (QED) is 0.136. The number of nitrogens with one attached hydrogen (secondary N) is 5. The second-order valence-corrected chi connectivity index (χ2v) is 11.7. The molecule has 1 aliphatic rings. The zero-order chi connectivity index (χ0) is 39.2. The molecule has 0 aromatic heterocycles. The molecule has 0 fully saturated rings. The average molecular weight is 746 g/mol. The van der Waals surface area contributed by atoms with Crippen LogP contribution in [0, 0.1) is 0 Å². The summed E-state index contributed by atoms with van der Waals surface area (Å²) in [5.41, 5.74) is 1.01. The lowest BCUT2D eigenvalue weighted by Gasteiger charge is -2.18. The second-order valence-electron chi connectivity index (χ2n) is 11.7. The fourth-order valence-corrected chi connectivity index (χ4v) is 6.12. The van der Waals surface area contributed by atoms with Gasteiger partial charge in [0.2, 0.25) is 0 Å². The van der Waals surface area contributed by atoms with Crippen LogP contribution in [0.3, 0.4) is 0 Å². The van der Waals surface area contributed by atoms with Gasteiger partial charge in [0.1, 0.15) is 0 Å². The average Bonchev–Trinajstić information content (AvgIpc) is 3.19. The van der Waals surface area contributed by atoms with Gasteiger partial charge in [-0.25, -0.2) is 0 Å². The minimum Gasteiger partial charge on any atom is -0.494 e. The molecule has 0 radical (unpaired) electrons. The summed E-state index contributed by atoms with van der Waals surface area (Å²) in [7, 11) is 6.72. The Kier molecular flexibility index (Phi) is 10.8. The number of benzene rings is 5. The van der Waals surface area contributed by atoms with Crippen LogP contribution in [0.2, 0.25) is 0 Å². The minimum atomic E-state index is -0.642. The van der Waals surface area contributed by atoms with Crippen LogP contribution in [0.15, 0.2) is 91.0 Å². The number of methoxy groups -OCH3 is 5. The lowest BCUT2D eigenvalue weighted by molar-refractivity contribution is 0.101. The van der Waals surface area contributed by atoms with Crippen molar-refractivity contribution in [2.45, 2.75) is 0 Å². The number of anilines is 5. The van der Waals surface area contributed by atoms with E-state index in [2.05, 4.69) is 26.6 Å². The molecular formula is C40H35N5O10. The van der Waals surface area contributed by atoms with Gasteiger partial charge in [-0.15, -0.1) is 0 Å². The monoisotopic (exact) mass is 745 g/mol. The van der Waals surface area contributed by atoms with Gasteiger partial charge >= 0.3 is 0 Å². The van der Waals surface area contributed by atoms with E-state index >= 15 is 0 Å². The molecule has 0 aliphatic carbocycles. The number of carbonyl (C=O) groups excluding carboxylic acids is 5. The van der Waals surface area contributed by atoms with Gasteiger partial charge in [-0.2, -0.15) is 0 Å². The van der Waals surface area contributed by atoms with Crippen LogP contribution < -0.4 is 50.3 Å². The number of hydrogen-bond donors (Lipinski definition) is 5. The first kappa shape index (κ1) is 37.2. The lowest BCUT2D eigenvalue weighted by atomic mass is 10.1. The highest BCUT2D eigenvalue weighted by atomic mass is 16.5. The Hall–Kier alpha value is -7.55. The number of hydrogen-bond acceptors (Lipinski definition) is 10. The molecular weight excluding hydrogens is 710 g/mol. The summed E-state index contributed by atoms with van der Waals surface area (Å²) in [5, 5.41) is 13.8. The van der Waals surface area contributed by atoms with Crippen molar-refractivity contribution in [3.8, 4) is 28.7 Å². The molecule has 5 aromatic carbocycles. The van der Waals surface area contributed by atoms with E-state index in [1.807, 2.05) is 0 Å². The largest absolute Gasteiger partial charge is 0.494 e. The van der Waals surface area contributed by atoms with Crippen molar-refractivity contribution in [3.05, 3.63) is 119 Å². The van der Waals surface area contributed by atoms with E-state index in [-0.39, 0.29) is 85.0 Å². The fraction of sp³-hybridized carbons (Fsp3) is 0.125. The van der Waals surface area contributed by atoms with Crippen molar-refractivity contribution < 1.29 is 47.7 Å². The maximum absolute atomic E-state index is 13.8. The summed E-state index contributed by atoms with van der Waals surface area (Å²) in [6, 6.07) is 23.0. The number of amides is 5. The third-order valence-corrected chi connectivity index (χ3v) is 8.56. The van der Waals surface area contributed by atoms with Crippen molar-refractivity contribution in [3.63, 3.8) is 0 Å². The van der Waals surface area contributed by atoms with E-state index in [9.17, 15) is 24.0 Å². The second kappa shape index (κ2) is 16.0. The molecule has 5 aromatic rings. The number of para-hydroxylation sites is 5. The van der Waals surface area contributed by atoms with E-state index in [1.54, 1.807) is 60.7 Å². The van der Waals surface area contributed by atoms with Crippen molar-refractivity contribution in [1.29, 1.82) is 0 Å². The molecule has 0 saturated carbocycles. The van der Waals surface area contributed by atoms with Gasteiger partial charge in [-0.1, -0.05) is 30.3 Å². The van der Waals surface area contributed by atoms with Crippen LogP contribution in [-0.4, -0.2) is 65.1 Å². The molecule has 1 aliphatic heterocycles. The van der Waals surface area contributed by atoms with Gasteiger partial charge in [0, 0.05) is 0 Å². The lowest BCUT2D eigenvalue weighted by Crippen LogP contribution is -2.19. The van der Waals surface area contributed by atoms with Gasteiger partial charge < -0.3 is 50.3 Å². The third kappa shape index (κ3) is 7.26. The first-order valence-corrected chi connectivity index (χ1v) is 16.6. The topological polar surface area (TPSA) is 192 Å². The standard InChI is InChI=1S/C40H35N5O10/c1-51-31-21-11-6-16-26(31)41-37(47)22-12-7-18-28(32(22)52-2)43-39(49)24-14-9-20-30(34(24)54-4)45-40(50)25-15-10-19-29(35(25)55-5)44-38(48)23-13-8-17-27(33(23)53-3)42-36(21)46/h6-20H,1-5H3,(H,41,47)(H,42,46)(H,43,49)(H,44,48)(H,45,50). The molecule has 280 valence electrons. The van der Waals surface area contributed by atoms with E-state index < -0.39 is 29.5 Å². The van der Waals surface area contributed by atoms with Crippen molar-refractivity contribution in [1.82, 2.24) is 0 Å². The highest BCUT2D eigenvalue weighted by molar-refractivity contribution is 6.16. The molecule has 5 N–H and O–H groups in total. The van der Waals surface area contributed by atoms with Crippen LogP contribution in [0.25, 0.3) is 0 Å². The van der Waals surface area contributed by atoms with Crippen LogP contribution in [-0.2, 0) is 0 Å². The van der Waals surface area contributed by atoms with E-state index in [0.717, 1.165) is 0 Å². The molecule has 6 rings (SSSR count). The Morgan fingerprint density at radius 2 is 0.455 bits per heavy atom. The summed E-state index contributed by atoms with van der Waals surface area (Å²) in [4.78, 5) is 68.8. The molecule has 0 spiro atoms. The maximum Gasteiger partial charge on any atom is 0.259 e. The van der Waals surface area contributed by atoms with Crippen LogP contribution in [0.5, 0.6) is 28.7 Å². The SMILES string of the molecule is COc1c2cccc1C(=O)Nc1cccc(c1OC)C(=O)Nc1cccc(c1OC)C(=O)Nc1cccc(c1OC)C(=O)Nc1cccc(c1OC)C(=O)N2. The zero-order valence-electron chi connectivity index (χ0n) is 30.2. The molecule has 0 atom stereocenters. The number of rotatable bonds is 5. The molecule has 15 nitrogen and oxygen atoms in total. The first-order chi connectivity index (χ1) is 26.6. The number of fused-ring (bicyclic) bond motifs is 10. The molecule has 5 amide bonds. The van der Waals surface area contributed by atoms with Crippen LogP contribution in [0.1, 0.15) is 51.8 Å². The number of carbonyl (C=O) groups is 5. The van der Waals surface area contributed by atoms with E-state index in [0.29, 0.717) is 0 Å². The molecule has 0 saturated heterocycles. The Labute approximate surface area is 314 Å². The Morgan fingerprint density at radius 1 is 0.291 bits per heavy atom. The summed E-state index contributed by atoms with van der Waals surface area (Å²) in [5.74, 6) is -3.02. The summed E-state index contributed by atoms with van der Waals surface area (Å²) in [6.45, 7) is 0. The minimum absolute atomic E-state index is 0.0391. The van der Waals surface area contributed by atoms with Crippen LogP contribution in [0.4, 0.5) is 28.4 Å². The first-order valence-electron chi connectivity index (χ1n) is 16.6. The van der Waals surface area contributed by atoms with Crippen LogP contribution >= 0.6 is 0 Å². The van der Waals surface area contributed by atoms with Crippen molar-refractivity contribution in [2.24, 2.45) is 0 Å². The Balaban J connectivity index is 1.51. The molecule has 0 unspecified atom stereocenters. The fourth-order valence-electron chi connectivity index (χ4n) is 6.12. The van der Waals surface area contributed by atoms with Gasteiger partial charge in [0.05, 0.1) is 91.8 Å². The van der Waals surface area contributed by atoms with Gasteiger partial charge in [-0.3, -0.25) is 24.0 Å². The molecule has 10 bridgehead atoms. The summed E-state index contributed by atoms with van der Waals surface area (Å²) >= 11 is 0. The van der Waals surface area contributed by atoms with Gasteiger partial charge in [0.15, 0.2) is 28.7 Å². The van der Waals surface area contributed by atoms with Crippen molar-refractivity contribution >= 4 is 58.0 Å². The molecule has 55 heavy (non-hydrogen) atoms. The zero-order valence-corrected chi connectivity index (χ0v) is 30.2. The van der Waals surface area contributed by atoms with E-state index in [4.69, 9.17) is 23.7 Å². The highest BCUT2D eigenvalue weighted by Crippen LogP contribution is 2.37. The smallest absolute Gasteiger partial charge is 0.259 e. The third-order valence-electron chi connectivity index (χ3n) is 8.56. The highest BCUT2D eigenvalue weighted by Gasteiger charge is 2.26. The Bertz CT molecular complexity index is 1980. The normalized spacial score (nSPS) is 13.0. The molecule has 15 heteroatoms. The van der Waals surface area contributed by atoms with Crippen molar-refractivity contribution in [2.75, 3.05) is 62.1 Å². The summed E-state index contributed by atoms with van der Waals surface area (Å²) in [6.07, 6.45) is 0. The predicted octanol–water partition coefficient (Wildman–Crippen LogP) is 6.30. The van der Waals surface area contributed by atoms with E-state index in [1.165, 1.54) is 65.9 Å². The number of ether oxygens (including phenoxy) is 5. The summed E-state index contributed by atoms with van der Waals surface area (Å²) < 4.78 is 28.0. The maximum atomic E-state index is 13.8. The predicted molar refractivity (Wildman–Crippen MR) is 205 cm³/mol. The van der Waals surface area contributed by atoms with Gasteiger partial charge in [0.25, 0.3) is 29.5 Å². The Morgan fingerprint density at radius 3 is 0.600 bits per heavy atom. The van der Waals surface area contributed by atoms with Gasteiger partial charge in [-0.05, 0) is 60.7 Å². The molecule has 1 heterocycles.